The topological polar surface area (TPSA) is 93.1 Å². The van der Waals surface area contributed by atoms with E-state index in [1.165, 1.54) is 12.4 Å². The molecule has 3 heterocycles. The van der Waals surface area contributed by atoms with E-state index >= 15 is 0 Å². The highest BCUT2D eigenvalue weighted by molar-refractivity contribution is 5.94. The first-order chi connectivity index (χ1) is 13.7. The predicted molar refractivity (Wildman–Crippen MR) is 103 cm³/mol. The normalized spacial score (nSPS) is 16.8. The minimum absolute atomic E-state index is 0.0595. The molecule has 8 heteroatoms. The van der Waals surface area contributed by atoms with Crippen LogP contribution in [0.2, 0.25) is 0 Å². The van der Waals surface area contributed by atoms with Crippen molar-refractivity contribution >= 4 is 5.91 Å². The van der Waals surface area contributed by atoms with Gasteiger partial charge in [-0.2, -0.15) is 5.10 Å². The van der Waals surface area contributed by atoms with Crippen LogP contribution in [0.5, 0.6) is 5.75 Å². The number of hydrogen-bond acceptors (Lipinski definition) is 5. The summed E-state index contributed by atoms with van der Waals surface area (Å²) >= 11 is 0. The van der Waals surface area contributed by atoms with Gasteiger partial charge in [-0.05, 0) is 25.0 Å². The Labute approximate surface area is 161 Å². The minimum atomic E-state index is -0.175. The SMILES string of the molecule is COc1ccccc1-n1cc(C(=O)N2CCC[C@@H](c3cc(=O)[nH]cn3)C2)cn1. The maximum atomic E-state index is 13.0. The van der Waals surface area contributed by atoms with Crippen LogP contribution in [0.1, 0.15) is 34.8 Å². The van der Waals surface area contributed by atoms with Crippen molar-refractivity contribution in [1.29, 1.82) is 0 Å². The molecule has 0 saturated carbocycles. The van der Waals surface area contributed by atoms with Gasteiger partial charge in [-0.25, -0.2) is 9.67 Å². The molecule has 1 aliphatic heterocycles. The number of aromatic amines is 1. The predicted octanol–water partition coefficient (Wildman–Crippen LogP) is 1.98. The van der Waals surface area contributed by atoms with E-state index in [1.807, 2.05) is 24.3 Å². The van der Waals surface area contributed by atoms with E-state index in [0.717, 1.165) is 24.2 Å². The maximum Gasteiger partial charge on any atom is 0.257 e. The molecule has 1 aliphatic rings. The van der Waals surface area contributed by atoms with Gasteiger partial charge in [0.15, 0.2) is 0 Å². The molecule has 144 valence electrons. The van der Waals surface area contributed by atoms with E-state index < -0.39 is 0 Å². The number of rotatable bonds is 4. The molecule has 0 spiro atoms. The Morgan fingerprint density at radius 2 is 2.18 bits per heavy atom. The van der Waals surface area contributed by atoms with Gasteiger partial charge < -0.3 is 14.6 Å². The number of amides is 1. The van der Waals surface area contributed by atoms with E-state index in [9.17, 15) is 9.59 Å². The van der Waals surface area contributed by atoms with Gasteiger partial charge in [-0.3, -0.25) is 9.59 Å². The van der Waals surface area contributed by atoms with Gasteiger partial charge in [-0.15, -0.1) is 0 Å². The smallest absolute Gasteiger partial charge is 0.257 e. The van der Waals surface area contributed by atoms with Crippen molar-refractivity contribution in [2.75, 3.05) is 20.2 Å². The molecule has 1 N–H and O–H groups in total. The molecule has 3 aromatic rings. The minimum Gasteiger partial charge on any atom is -0.494 e. The van der Waals surface area contributed by atoms with Crippen LogP contribution in [0.25, 0.3) is 5.69 Å². The number of nitrogens with zero attached hydrogens (tertiary/aromatic N) is 4. The number of methoxy groups -OCH3 is 1. The molecule has 28 heavy (non-hydrogen) atoms. The van der Waals surface area contributed by atoms with E-state index in [0.29, 0.717) is 24.4 Å². The van der Waals surface area contributed by atoms with Crippen molar-refractivity contribution in [1.82, 2.24) is 24.6 Å². The summed E-state index contributed by atoms with van der Waals surface area (Å²) in [5.41, 5.74) is 1.84. The van der Waals surface area contributed by atoms with Crippen molar-refractivity contribution in [2.45, 2.75) is 18.8 Å². The first kappa shape index (κ1) is 18.0. The van der Waals surface area contributed by atoms with Crippen molar-refractivity contribution in [3.8, 4) is 11.4 Å². The van der Waals surface area contributed by atoms with Crippen LogP contribution in [0.4, 0.5) is 0 Å². The second-order valence-electron chi connectivity index (χ2n) is 6.77. The van der Waals surface area contributed by atoms with E-state index in [2.05, 4.69) is 15.1 Å². The van der Waals surface area contributed by atoms with Gasteiger partial charge >= 0.3 is 0 Å². The summed E-state index contributed by atoms with van der Waals surface area (Å²) in [6, 6.07) is 9.02. The van der Waals surface area contributed by atoms with Gasteiger partial charge in [0.05, 0.1) is 30.9 Å². The van der Waals surface area contributed by atoms with Crippen molar-refractivity contribution in [3.05, 3.63) is 70.7 Å². The Bertz CT molecular complexity index is 1040. The number of benzene rings is 1. The molecule has 0 bridgehead atoms. The van der Waals surface area contributed by atoms with E-state index in [4.69, 9.17) is 4.74 Å². The molecule has 0 aliphatic carbocycles. The first-order valence-corrected chi connectivity index (χ1v) is 9.17. The molecule has 1 aromatic carbocycles. The summed E-state index contributed by atoms with van der Waals surface area (Å²) < 4.78 is 7.01. The third-order valence-corrected chi connectivity index (χ3v) is 4.99. The molecule has 1 fully saturated rings. The Morgan fingerprint density at radius 1 is 1.32 bits per heavy atom. The molecule has 0 unspecified atom stereocenters. The van der Waals surface area contributed by atoms with Crippen molar-refractivity contribution in [2.24, 2.45) is 0 Å². The van der Waals surface area contributed by atoms with Crippen molar-refractivity contribution in [3.63, 3.8) is 0 Å². The lowest BCUT2D eigenvalue weighted by atomic mass is 9.94. The average molecular weight is 379 g/mol. The fraction of sp³-hybridized carbons (Fsp3) is 0.300. The Kier molecular flexibility index (Phi) is 4.92. The number of piperidine rings is 1. The number of ether oxygens (including phenoxy) is 1. The Balaban J connectivity index is 1.53. The number of aromatic nitrogens is 4. The van der Waals surface area contributed by atoms with Crippen LogP contribution in [-0.4, -0.2) is 50.8 Å². The van der Waals surface area contributed by atoms with E-state index in [1.54, 1.807) is 29.1 Å². The number of H-pyrrole nitrogens is 1. The quantitative estimate of drug-likeness (QED) is 0.748. The molecular weight excluding hydrogens is 358 g/mol. The fourth-order valence-electron chi connectivity index (χ4n) is 3.58. The zero-order chi connectivity index (χ0) is 19.5. The molecule has 1 atom stereocenters. The lowest BCUT2D eigenvalue weighted by molar-refractivity contribution is 0.0706. The highest BCUT2D eigenvalue weighted by atomic mass is 16.5. The number of nitrogens with one attached hydrogen (secondary N) is 1. The van der Waals surface area contributed by atoms with Gasteiger partial charge in [0, 0.05) is 31.3 Å². The summed E-state index contributed by atoms with van der Waals surface area (Å²) in [7, 11) is 1.60. The molecule has 1 saturated heterocycles. The lowest BCUT2D eigenvalue weighted by Crippen LogP contribution is -2.39. The average Bonchev–Trinajstić information content (AvgIpc) is 3.23. The molecule has 4 rings (SSSR count). The van der Waals surface area contributed by atoms with Gasteiger partial charge in [-0.1, -0.05) is 12.1 Å². The van der Waals surface area contributed by atoms with E-state index in [-0.39, 0.29) is 17.4 Å². The number of hydrogen-bond donors (Lipinski definition) is 1. The molecule has 0 radical (unpaired) electrons. The lowest BCUT2D eigenvalue weighted by Gasteiger charge is -2.32. The highest BCUT2D eigenvalue weighted by Gasteiger charge is 2.27. The van der Waals surface area contributed by atoms with Crippen LogP contribution in [-0.2, 0) is 0 Å². The summed E-state index contributed by atoms with van der Waals surface area (Å²) in [4.78, 5) is 33.2. The third kappa shape index (κ3) is 3.53. The second-order valence-corrected chi connectivity index (χ2v) is 6.77. The molecular formula is C20H21N5O3. The van der Waals surface area contributed by atoms with Gasteiger partial charge in [0.1, 0.15) is 11.4 Å². The second kappa shape index (κ2) is 7.67. The summed E-state index contributed by atoms with van der Waals surface area (Å²) in [6.45, 7) is 1.22. The number of carbonyl (C=O) groups is 1. The summed E-state index contributed by atoms with van der Waals surface area (Å²) in [5, 5.41) is 4.33. The number of carbonyl (C=O) groups excluding carboxylic acids is 1. The van der Waals surface area contributed by atoms with Gasteiger partial charge in [0.25, 0.3) is 11.5 Å². The standard InChI is InChI=1S/C20H21N5O3/c1-28-18-7-3-2-6-17(18)25-12-15(10-23-25)20(27)24-8-4-5-14(11-24)16-9-19(26)22-13-21-16/h2-3,6-7,9-10,12-14H,4-5,8,11H2,1H3,(H,21,22,26)/t14-/m1/s1. The maximum absolute atomic E-state index is 13.0. The monoisotopic (exact) mass is 379 g/mol. The summed E-state index contributed by atoms with van der Waals surface area (Å²) in [5.74, 6) is 0.669. The Hall–Kier alpha value is -3.42. The molecule has 2 aromatic heterocycles. The molecule has 8 nitrogen and oxygen atoms in total. The third-order valence-electron chi connectivity index (χ3n) is 4.99. The number of likely N-dealkylation sites (tertiary alicyclic amines) is 1. The molecule has 1 amide bonds. The summed E-state index contributed by atoms with van der Waals surface area (Å²) in [6.07, 6.45) is 6.47. The Morgan fingerprint density at radius 3 is 3.00 bits per heavy atom. The fourth-order valence-corrected chi connectivity index (χ4v) is 3.58. The van der Waals surface area contributed by atoms with Crippen LogP contribution >= 0.6 is 0 Å². The number of para-hydroxylation sites is 2. The van der Waals surface area contributed by atoms with Crippen LogP contribution in [0.3, 0.4) is 0 Å². The first-order valence-electron chi connectivity index (χ1n) is 9.17. The zero-order valence-electron chi connectivity index (χ0n) is 15.5. The van der Waals surface area contributed by atoms with Crippen LogP contribution < -0.4 is 10.3 Å². The van der Waals surface area contributed by atoms with Crippen molar-refractivity contribution < 1.29 is 9.53 Å². The highest BCUT2D eigenvalue weighted by Crippen LogP contribution is 2.26. The van der Waals surface area contributed by atoms with Gasteiger partial charge in [0.2, 0.25) is 0 Å². The zero-order valence-corrected chi connectivity index (χ0v) is 15.5. The largest absolute Gasteiger partial charge is 0.494 e. The van der Waals surface area contributed by atoms with Crippen LogP contribution in [0, 0.1) is 0 Å². The van der Waals surface area contributed by atoms with Crippen LogP contribution in [0.15, 0.2) is 53.8 Å².